The molecule has 3 heteroatoms. The first-order chi connectivity index (χ1) is 5.00. The molecule has 0 aliphatic rings. The second kappa shape index (κ2) is 4.61. The number of rotatable bonds is 3. The predicted octanol–water partition coefficient (Wildman–Crippen LogP) is 1.49. The molecule has 0 rings (SSSR count). The van der Waals surface area contributed by atoms with Crippen LogP contribution in [-0.2, 0) is 4.79 Å². The van der Waals surface area contributed by atoms with Gasteiger partial charge in [0.15, 0.2) is 0 Å². The normalized spacial score (nSPS) is 13.2. The summed E-state index contributed by atoms with van der Waals surface area (Å²) in [6.07, 6.45) is 0.974. The molecular formula is C8H16AsNO. The second-order valence-corrected chi connectivity index (χ2v) is 7.57. The van der Waals surface area contributed by atoms with Gasteiger partial charge in [-0.3, -0.25) is 0 Å². The quantitative estimate of drug-likeness (QED) is 0.564. The number of hydrogen-bond acceptors (Lipinski definition) is 1. The molecule has 0 aromatic carbocycles. The summed E-state index contributed by atoms with van der Waals surface area (Å²) < 4.78 is 1.31. The average Bonchev–Trinajstić information content (AvgIpc) is 1.88. The molecule has 0 aliphatic heterocycles. The van der Waals surface area contributed by atoms with Gasteiger partial charge in [0, 0.05) is 0 Å². The first-order valence-corrected chi connectivity index (χ1v) is 8.36. The van der Waals surface area contributed by atoms with Crippen molar-refractivity contribution in [3.05, 3.63) is 9.93 Å². The summed E-state index contributed by atoms with van der Waals surface area (Å²) in [5, 5.41) is 0. The molecule has 0 heterocycles. The monoisotopic (exact) mass is 217 g/mol. The van der Waals surface area contributed by atoms with Gasteiger partial charge in [0.05, 0.1) is 0 Å². The van der Waals surface area contributed by atoms with Crippen LogP contribution in [0.25, 0.3) is 0 Å². The number of hydrogen-bond donors (Lipinski definition) is 1. The molecule has 0 atom stereocenters. The molecule has 2 nitrogen and oxygen atoms in total. The van der Waals surface area contributed by atoms with E-state index in [9.17, 15) is 4.79 Å². The Hall–Kier alpha value is -0.232. The molecule has 0 saturated carbocycles. The summed E-state index contributed by atoms with van der Waals surface area (Å²) in [5.41, 5.74) is 10.4. The Morgan fingerprint density at radius 1 is 1.45 bits per heavy atom. The van der Waals surface area contributed by atoms with Crippen LogP contribution in [0.3, 0.4) is 0 Å². The Labute approximate surface area is 73.1 Å². The summed E-state index contributed by atoms with van der Waals surface area (Å²) >= 11 is -0.883. The molecule has 11 heavy (non-hydrogen) atoms. The van der Waals surface area contributed by atoms with Crippen molar-refractivity contribution in [2.24, 2.45) is 5.73 Å². The van der Waals surface area contributed by atoms with E-state index in [0.717, 1.165) is 12.0 Å². The van der Waals surface area contributed by atoms with Crippen LogP contribution >= 0.6 is 0 Å². The van der Waals surface area contributed by atoms with Crippen LogP contribution in [0.1, 0.15) is 20.3 Å². The van der Waals surface area contributed by atoms with E-state index in [1.54, 1.807) is 0 Å². The minimum atomic E-state index is -0.883. The summed E-state index contributed by atoms with van der Waals surface area (Å²) in [4.78, 5) is 10.8. The van der Waals surface area contributed by atoms with Gasteiger partial charge in [-0.25, -0.2) is 0 Å². The van der Waals surface area contributed by atoms with E-state index in [2.05, 4.69) is 18.3 Å². The van der Waals surface area contributed by atoms with Crippen molar-refractivity contribution in [2.45, 2.75) is 31.7 Å². The van der Waals surface area contributed by atoms with E-state index in [1.807, 2.05) is 6.92 Å². The third-order valence-electron chi connectivity index (χ3n) is 1.68. The first-order valence-electron chi connectivity index (χ1n) is 3.67. The molecule has 2 N–H and O–H groups in total. The summed E-state index contributed by atoms with van der Waals surface area (Å²) in [5.74, 6) is -0.259. The zero-order valence-electron chi connectivity index (χ0n) is 7.64. The number of carbonyl (C=O) groups excluding carboxylic acids is 1. The van der Waals surface area contributed by atoms with E-state index in [1.165, 1.54) is 4.36 Å². The zero-order chi connectivity index (χ0) is 9.02. The van der Waals surface area contributed by atoms with Gasteiger partial charge in [0.2, 0.25) is 0 Å². The number of nitrogens with two attached hydrogens (primary N) is 1. The number of amides is 1. The van der Waals surface area contributed by atoms with E-state index in [0.29, 0.717) is 0 Å². The summed E-state index contributed by atoms with van der Waals surface area (Å²) in [7, 11) is 0. The fourth-order valence-corrected chi connectivity index (χ4v) is 4.02. The molecule has 64 valence electrons. The first kappa shape index (κ1) is 10.8. The third kappa shape index (κ3) is 3.11. The summed E-state index contributed by atoms with van der Waals surface area (Å²) in [6.45, 7) is 3.91. The van der Waals surface area contributed by atoms with Crippen LogP contribution in [0.5, 0.6) is 0 Å². The Kier molecular flexibility index (Phi) is 4.51. The molecule has 0 radical (unpaired) electrons. The Morgan fingerprint density at radius 3 is 2.00 bits per heavy atom. The van der Waals surface area contributed by atoms with Gasteiger partial charge in [0.25, 0.3) is 0 Å². The van der Waals surface area contributed by atoms with Crippen molar-refractivity contribution in [1.29, 1.82) is 0 Å². The Bertz CT molecular complexity index is 185. The Morgan fingerprint density at radius 2 is 1.91 bits per heavy atom. The maximum atomic E-state index is 10.8. The topological polar surface area (TPSA) is 43.1 Å². The molecule has 0 aromatic heterocycles. The molecule has 0 bridgehead atoms. The van der Waals surface area contributed by atoms with Crippen LogP contribution in [0.15, 0.2) is 9.93 Å². The van der Waals surface area contributed by atoms with Crippen molar-refractivity contribution in [3.63, 3.8) is 0 Å². The van der Waals surface area contributed by atoms with Gasteiger partial charge in [-0.2, -0.15) is 0 Å². The van der Waals surface area contributed by atoms with Gasteiger partial charge in [-0.1, -0.05) is 0 Å². The number of primary amides is 1. The second-order valence-electron chi connectivity index (χ2n) is 2.68. The molecular weight excluding hydrogens is 201 g/mol. The standard InChI is InChI=1S/C8H16AsNO/c1-5-7(9(3)4)6(2)8(10)11/h5H2,1-4H3,(H2,10,11)/b7-6+. The number of carbonyl (C=O) groups is 1. The van der Waals surface area contributed by atoms with Crippen molar-refractivity contribution >= 4 is 20.6 Å². The fourth-order valence-electron chi connectivity index (χ4n) is 1.06. The van der Waals surface area contributed by atoms with E-state index in [4.69, 9.17) is 5.73 Å². The molecule has 0 spiro atoms. The zero-order valence-corrected chi connectivity index (χ0v) is 9.52. The third-order valence-corrected chi connectivity index (χ3v) is 5.31. The van der Waals surface area contributed by atoms with Crippen LogP contribution < -0.4 is 5.73 Å². The molecule has 0 fully saturated rings. The van der Waals surface area contributed by atoms with Crippen molar-refractivity contribution in [2.75, 3.05) is 0 Å². The summed E-state index contributed by atoms with van der Waals surface area (Å²) in [6, 6.07) is 0. The van der Waals surface area contributed by atoms with Gasteiger partial charge in [-0.15, -0.1) is 0 Å². The van der Waals surface area contributed by atoms with Crippen LogP contribution in [0.2, 0.25) is 11.4 Å². The molecule has 0 unspecified atom stereocenters. The van der Waals surface area contributed by atoms with Crippen LogP contribution in [0.4, 0.5) is 0 Å². The van der Waals surface area contributed by atoms with Crippen molar-refractivity contribution in [1.82, 2.24) is 0 Å². The Balaban J connectivity index is 4.68. The van der Waals surface area contributed by atoms with Crippen molar-refractivity contribution in [3.8, 4) is 0 Å². The van der Waals surface area contributed by atoms with Gasteiger partial charge in [0.1, 0.15) is 0 Å². The predicted molar refractivity (Wildman–Crippen MR) is 49.7 cm³/mol. The minimum absolute atomic E-state index is 0.259. The van der Waals surface area contributed by atoms with Crippen LogP contribution in [-0.4, -0.2) is 20.6 Å². The van der Waals surface area contributed by atoms with E-state index in [-0.39, 0.29) is 5.91 Å². The van der Waals surface area contributed by atoms with E-state index >= 15 is 0 Å². The van der Waals surface area contributed by atoms with Gasteiger partial charge >= 0.3 is 72.7 Å². The van der Waals surface area contributed by atoms with Gasteiger partial charge < -0.3 is 0 Å². The molecule has 0 aliphatic carbocycles. The fraction of sp³-hybridized carbons (Fsp3) is 0.625. The van der Waals surface area contributed by atoms with Crippen molar-refractivity contribution < 1.29 is 4.79 Å². The maximum absolute atomic E-state index is 10.8. The molecule has 0 aromatic rings. The number of allylic oxidation sites excluding steroid dienone is 1. The van der Waals surface area contributed by atoms with E-state index < -0.39 is 14.7 Å². The average molecular weight is 217 g/mol. The molecule has 1 amide bonds. The SMILES string of the molecule is CC/C(=C(/C)C(N)=O)[As](C)C. The van der Waals surface area contributed by atoms with Crippen LogP contribution in [0, 0.1) is 0 Å². The van der Waals surface area contributed by atoms with Gasteiger partial charge in [-0.05, 0) is 0 Å². The molecule has 0 saturated heterocycles.